The summed E-state index contributed by atoms with van der Waals surface area (Å²) in [7, 11) is 0. The fourth-order valence-electron chi connectivity index (χ4n) is 1.43. The Kier molecular flexibility index (Phi) is 4.23. The van der Waals surface area contributed by atoms with Crippen LogP contribution in [-0.4, -0.2) is 5.91 Å². The topological polar surface area (TPSA) is 55.1 Å². The van der Waals surface area contributed by atoms with E-state index in [1.807, 2.05) is 24.3 Å². The Bertz CT molecular complexity index is 601. The van der Waals surface area contributed by atoms with Crippen LogP contribution in [0.4, 0.5) is 11.4 Å². The van der Waals surface area contributed by atoms with E-state index in [4.69, 9.17) is 5.73 Å². The number of carbonyl (C=O) groups excluding carboxylic acids is 1. The van der Waals surface area contributed by atoms with Crippen molar-refractivity contribution in [1.82, 2.24) is 0 Å². The number of hydrogen-bond donors (Lipinski definition) is 2. The molecule has 92 valence electrons. The number of nitrogens with two attached hydrogens (primary N) is 1. The maximum Gasteiger partial charge on any atom is 0.255 e. The van der Waals surface area contributed by atoms with Crippen LogP contribution < -0.4 is 11.1 Å². The Hall–Kier alpha value is -1.08. The minimum absolute atomic E-state index is 0.153. The van der Waals surface area contributed by atoms with E-state index >= 15 is 0 Å². The van der Waals surface area contributed by atoms with Crippen molar-refractivity contribution in [2.45, 2.75) is 0 Å². The largest absolute Gasteiger partial charge is 0.398 e. The van der Waals surface area contributed by atoms with Gasteiger partial charge in [-0.1, -0.05) is 12.1 Å². The summed E-state index contributed by atoms with van der Waals surface area (Å²) in [6.45, 7) is 0. The fraction of sp³-hybridized carbons (Fsp3) is 0. The van der Waals surface area contributed by atoms with E-state index < -0.39 is 0 Å². The average molecular weight is 417 g/mol. The van der Waals surface area contributed by atoms with E-state index in [0.29, 0.717) is 11.3 Å². The number of carbonyl (C=O) groups is 1. The molecule has 0 aliphatic rings. The normalized spacial score (nSPS) is 10.1. The van der Waals surface area contributed by atoms with Crippen molar-refractivity contribution >= 4 is 55.8 Å². The summed E-state index contributed by atoms with van der Waals surface area (Å²) in [5.41, 5.74) is 7.67. The maximum absolute atomic E-state index is 12.1. The molecule has 2 aromatic rings. The molecule has 1 amide bonds. The fourth-order valence-corrected chi connectivity index (χ4v) is 2.33. The number of anilines is 2. The predicted molar refractivity (Wildman–Crippen MR) is 85.7 cm³/mol. The smallest absolute Gasteiger partial charge is 0.255 e. The lowest BCUT2D eigenvalue weighted by atomic mass is 10.2. The van der Waals surface area contributed by atoms with Crippen LogP contribution in [0.15, 0.2) is 46.9 Å². The van der Waals surface area contributed by atoms with Crippen molar-refractivity contribution in [1.29, 1.82) is 0 Å². The zero-order valence-corrected chi connectivity index (χ0v) is 13.0. The van der Waals surface area contributed by atoms with Crippen molar-refractivity contribution in [3.05, 3.63) is 56.1 Å². The lowest BCUT2D eigenvalue weighted by Gasteiger charge is -2.08. The quantitative estimate of drug-likeness (QED) is 0.576. The minimum Gasteiger partial charge on any atom is -0.398 e. The zero-order valence-electron chi connectivity index (χ0n) is 9.28. The van der Waals surface area contributed by atoms with E-state index in [1.165, 1.54) is 0 Å². The second kappa shape index (κ2) is 5.71. The Morgan fingerprint density at radius 1 is 1.22 bits per heavy atom. The van der Waals surface area contributed by atoms with Gasteiger partial charge in [-0.3, -0.25) is 4.79 Å². The van der Waals surface area contributed by atoms with Crippen molar-refractivity contribution in [2.24, 2.45) is 0 Å². The van der Waals surface area contributed by atoms with Crippen LogP contribution in [0.2, 0.25) is 0 Å². The molecule has 18 heavy (non-hydrogen) atoms. The first kappa shape index (κ1) is 13.4. The highest BCUT2D eigenvalue weighted by Gasteiger charge is 2.09. The Labute approximate surface area is 127 Å². The third-order valence-corrected chi connectivity index (χ3v) is 4.01. The van der Waals surface area contributed by atoms with Gasteiger partial charge in [-0.2, -0.15) is 0 Å². The summed E-state index contributed by atoms with van der Waals surface area (Å²) in [4.78, 5) is 12.1. The molecule has 0 radical (unpaired) electrons. The number of amides is 1. The molecule has 0 bridgehead atoms. The van der Waals surface area contributed by atoms with Crippen LogP contribution in [-0.2, 0) is 0 Å². The second-order valence-corrected chi connectivity index (χ2v) is 5.69. The van der Waals surface area contributed by atoms with Gasteiger partial charge in [0.25, 0.3) is 5.91 Å². The highest BCUT2D eigenvalue weighted by atomic mass is 127. The van der Waals surface area contributed by atoms with Crippen LogP contribution >= 0.6 is 38.5 Å². The lowest BCUT2D eigenvalue weighted by molar-refractivity contribution is 0.102. The van der Waals surface area contributed by atoms with Crippen molar-refractivity contribution in [2.75, 3.05) is 11.1 Å². The zero-order chi connectivity index (χ0) is 13.1. The van der Waals surface area contributed by atoms with Gasteiger partial charge < -0.3 is 11.1 Å². The molecule has 0 spiro atoms. The number of para-hydroxylation sites is 1. The molecular formula is C13H10BrIN2O. The molecular weight excluding hydrogens is 407 g/mol. The first-order valence-electron chi connectivity index (χ1n) is 5.19. The third kappa shape index (κ3) is 3.02. The van der Waals surface area contributed by atoms with Crippen molar-refractivity contribution in [3.63, 3.8) is 0 Å². The first-order chi connectivity index (χ1) is 8.58. The molecule has 3 N–H and O–H groups in total. The number of rotatable bonds is 2. The minimum atomic E-state index is -0.153. The van der Waals surface area contributed by atoms with E-state index in [2.05, 4.69) is 43.8 Å². The first-order valence-corrected chi connectivity index (χ1v) is 7.06. The Balaban J connectivity index is 2.22. The Morgan fingerprint density at radius 2 is 1.94 bits per heavy atom. The predicted octanol–water partition coefficient (Wildman–Crippen LogP) is 3.89. The van der Waals surface area contributed by atoms with Crippen LogP contribution in [0.5, 0.6) is 0 Å². The monoisotopic (exact) mass is 416 g/mol. The SMILES string of the molecule is Nc1ccc(C(=O)Nc2ccccc2I)cc1Br. The average Bonchev–Trinajstić information content (AvgIpc) is 2.35. The summed E-state index contributed by atoms with van der Waals surface area (Å²) in [6, 6.07) is 12.7. The van der Waals surface area contributed by atoms with Gasteiger partial charge in [-0.25, -0.2) is 0 Å². The molecule has 2 aromatic carbocycles. The van der Waals surface area contributed by atoms with Gasteiger partial charge in [-0.15, -0.1) is 0 Å². The summed E-state index contributed by atoms with van der Waals surface area (Å²) in [5.74, 6) is -0.153. The summed E-state index contributed by atoms with van der Waals surface area (Å²) >= 11 is 5.49. The molecule has 3 nitrogen and oxygen atoms in total. The number of nitrogen functional groups attached to an aromatic ring is 1. The highest BCUT2D eigenvalue weighted by molar-refractivity contribution is 14.1. The molecule has 0 fully saturated rings. The van der Waals surface area contributed by atoms with Gasteiger partial charge in [0.05, 0.1) is 5.69 Å². The standard InChI is InChI=1S/C13H10BrIN2O/c14-9-7-8(5-6-11(9)16)13(18)17-12-4-2-1-3-10(12)15/h1-7H,16H2,(H,17,18). The van der Waals surface area contributed by atoms with Gasteiger partial charge in [0.1, 0.15) is 0 Å². The van der Waals surface area contributed by atoms with Crippen molar-refractivity contribution < 1.29 is 4.79 Å². The van der Waals surface area contributed by atoms with Crippen LogP contribution in [0.3, 0.4) is 0 Å². The second-order valence-electron chi connectivity index (χ2n) is 3.67. The maximum atomic E-state index is 12.1. The molecule has 0 saturated carbocycles. The number of halogens is 2. The lowest BCUT2D eigenvalue weighted by Crippen LogP contribution is -2.12. The highest BCUT2D eigenvalue weighted by Crippen LogP contribution is 2.22. The third-order valence-electron chi connectivity index (χ3n) is 2.38. The van der Waals surface area contributed by atoms with E-state index in [9.17, 15) is 4.79 Å². The molecule has 5 heteroatoms. The van der Waals surface area contributed by atoms with Gasteiger partial charge in [0, 0.05) is 19.3 Å². The molecule has 0 aliphatic heterocycles. The van der Waals surface area contributed by atoms with Crippen LogP contribution in [0.1, 0.15) is 10.4 Å². The van der Waals surface area contributed by atoms with Gasteiger partial charge in [0.2, 0.25) is 0 Å². The molecule has 0 atom stereocenters. The van der Waals surface area contributed by atoms with Gasteiger partial charge in [-0.05, 0) is 68.9 Å². The van der Waals surface area contributed by atoms with Crippen molar-refractivity contribution in [3.8, 4) is 0 Å². The molecule has 2 rings (SSSR count). The number of benzene rings is 2. The summed E-state index contributed by atoms with van der Waals surface area (Å²) < 4.78 is 1.72. The molecule has 0 unspecified atom stereocenters. The van der Waals surface area contributed by atoms with Crippen LogP contribution in [0.25, 0.3) is 0 Å². The van der Waals surface area contributed by atoms with E-state index in [0.717, 1.165) is 13.7 Å². The molecule has 0 aromatic heterocycles. The van der Waals surface area contributed by atoms with E-state index in [-0.39, 0.29) is 5.91 Å². The molecule has 0 aliphatic carbocycles. The summed E-state index contributed by atoms with van der Waals surface area (Å²) in [6.07, 6.45) is 0. The molecule has 0 heterocycles. The Morgan fingerprint density at radius 3 is 2.61 bits per heavy atom. The van der Waals surface area contributed by atoms with Gasteiger partial charge in [0.15, 0.2) is 0 Å². The van der Waals surface area contributed by atoms with E-state index in [1.54, 1.807) is 18.2 Å². The molecule has 0 saturated heterocycles. The van der Waals surface area contributed by atoms with Gasteiger partial charge >= 0.3 is 0 Å². The number of hydrogen-bond acceptors (Lipinski definition) is 2. The van der Waals surface area contributed by atoms with Crippen LogP contribution in [0, 0.1) is 3.57 Å². The number of nitrogens with one attached hydrogen (secondary N) is 1. The summed E-state index contributed by atoms with van der Waals surface area (Å²) in [5, 5.41) is 2.87.